The summed E-state index contributed by atoms with van der Waals surface area (Å²) < 4.78 is 0. The number of amides is 2. The quantitative estimate of drug-likeness (QED) is 0.856. The predicted molar refractivity (Wildman–Crippen MR) is 107 cm³/mol. The molecule has 0 aliphatic carbocycles. The number of hydrogen-bond acceptors (Lipinski definition) is 3. The van der Waals surface area contributed by atoms with Gasteiger partial charge in [-0.15, -0.1) is 11.8 Å². The van der Waals surface area contributed by atoms with Gasteiger partial charge in [-0.1, -0.05) is 47.5 Å². The zero-order chi connectivity index (χ0) is 18.7. The fourth-order valence-corrected chi connectivity index (χ4v) is 4.28. The number of hydrogen-bond donors (Lipinski definition) is 1. The van der Waals surface area contributed by atoms with E-state index in [0.717, 1.165) is 16.8 Å². The lowest BCUT2D eigenvalue weighted by Gasteiger charge is -2.24. The van der Waals surface area contributed by atoms with Crippen LogP contribution in [0.1, 0.15) is 35.4 Å². The third-order valence-electron chi connectivity index (χ3n) is 4.52. The molecule has 0 radical (unpaired) electrons. The molecule has 3 rings (SSSR count). The van der Waals surface area contributed by atoms with E-state index in [1.807, 2.05) is 49.9 Å². The number of carbonyl (C=O) groups excluding carboxylic acids is 2. The van der Waals surface area contributed by atoms with Crippen LogP contribution < -0.4 is 5.32 Å². The lowest BCUT2D eigenvalue weighted by molar-refractivity contribution is -0.130. The first-order valence-electron chi connectivity index (χ1n) is 8.83. The molecule has 0 bridgehead atoms. The summed E-state index contributed by atoms with van der Waals surface area (Å²) >= 11 is 1.64. The largest absolute Gasteiger partial charge is 0.326 e. The Balaban J connectivity index is 1.64. The smallest absolute Gasteiger partial charge is 0.236 e. The molecule has 1 saturated heterocycles. The van der Waals surface area contributed by atoms with Crippen LogP contribution in [0.15, 0.2) is 48.5 Å². The second-order valence-electron chi connectivity index (χ2n) is 6.74. The molecular formula is C21H24N2O2S. The molecule has 0 spiro atoms. The molecule has 26 heavy (non-hydrogen) atoms. The minimum atomic E-state index is -0.0820. The lowest BCUT2D eigenvalue weighted by Crippen LogP contribution is -2.33. The third-order valence-corrected chi connectivity index (χ3v) is 5.92. The summed E-state index contributed by atoms with van der Waals surface area (Å²) in [5.41, 5.74) is 4.24. The molecule has 1 aliphatic heterocycles. The van der Waals surface area contributed by atoms with Crippen molar-refractivity contribution in [3.05, 3.63) is 65.2 Å². The first-order chi connectivity index (χ1) is 12.4. The summed E-state index contributed by atoms with van der Waals surface area (Å²) in [4.78, 5) is 26.6. The molecule has 0 saturated carbocycles. The van der Waals surface area contributed by atoms with Gasteiger partial charge in [0.25, 0.3) is 0 Å². The number of benzene rings is 2. The average Bonchev–Trinajstić information content (AvgIpc) is 2.90. The average molecular weight is 369 g/mol. The van der Waals surface area contributed by atoms with Gasteiger partial charge < -0.3 is 10.2 Å². The number of rotatable bonds is 5. The van der Waals surface area contributed by atoms with Crippen molar-refractivity contribution in [1.29, 1.82) is 0 Å². The Morgan fingerprint density at radius 1 is 1.04 bits per heavy atom. The minimum absolute atomic E-state index is 0.0229. The number of thioether (sulfide) groups is 1. The number of anilines is 1. The Bertz CT molecular complexity index is 787. The molecule has 5 heteroatoms. The van der Waals surface area contributed by atoms with Crippen molar-refractivity contribution in [2.75, 3.05) is 11.9 Å². The molecule has 2 atom stereocenters. The van der Waals surface area contributed by atoms with Gasteiger partial charge in [-0.3, -0.25) is 9.59 Å². The number of carbonyl (C=O) groups is 2. The van der Waals surface area contributed by atoms with Crippen molar-refractivity contribution in [2.24, 2.45) is 0 Å². The molecule has 2 aromatic carbocycles. The Kier molecular flexibility index (Phi) is 5.67. The molecule has 2 amide bonds. The van der Waals surface area contributed by atoms with E-state index in [4.69, 9.17) is 0 Å². The second kappa shape index (κ2) is 7.96. The Morgan fingerprint density at radius 2 is 1.62 bits per heavy atom. The summed E-state index contributed by atoms with van der Waals surface area (Å²) in [6.45, 7) is 6.41. The van der Waals surface area contributed by atoms with E-state index in [1.165, 1.54) is 5.56 Å². The van der Waals surface area contributed by atoms with Gasteiger partial charge >= 0.3 is 0 Å². The van der Waals surface area contributed by atoms with E-state index in [2.05, 4.69) is 29.6 Å². The van der Waals surface area contributed by atoms with Crippen molar-refractivity contribution in [2.45, 2.75) is 37.8 Å². The molecule has 0 unspecified atom stereocenters. The molecule has 1 aliphatic rings. The van der Waals surface area contributed by atoms with Gasteiger partial charge in [0.05, 0.1) is 5.25 Å². The zero-order valence-corrected chi connectivity index (χ0v) is 16.2. The molecular weight excluding hydrogens is 344 g/mol. The summed E-state index contributed by atoms with van der Waals surface area (Å²) in [6.07, 6.45) is 0.287. The van der Waals surface area contributed by atoms with Crippen LogP contribution in [0.2, 0.25) is 0 Å². The van der Waals surface area contributed by atoms with Gasteiger partial charge in [0.1, 0.15) is 5.37 Å². The molecule has 2 aromatic rings. The monoisotopic (exact) mass is 368 g/mol. The molecule has 0 aromatic heterocycles. The van der Waals surface area contributed by atoms with E-state index in [9.17, 15) is 9.59 Å². The van der Waals surface area contributed by atoms with Crippen LogP contribution in [0.3, 0.4) is 0 Å². The molecule has 1 fully saturated rings. The van der Waals surface area contributed by atoms with Crippen LogP contribution in [-0.4, -0.2) is 28.5 Å². The Labute approximate surface area is 159 Å². The zero-order valence-electron chi connectivity index (χ0n) is 15.4. The van der Waals surface area contributed by atoms with E-state index >= 15 is 0 Å². The first-order valence-corrected chi connectivity index (χ1v) is 9.77. The number of aryl methyl sites for hydroxylation is 2. The first kappa shape index (κ1) is 18.5. The molecule has 136 valence electrons. The van der Waals surface area contributed by atoms with Gasteiger partial charge in [-0.05, 0) is 38.5 Å². The minimum Gasteiger partial charge on any atom is -0.326 e. The highest BCUT2D eigenvalue weighted by Gasteiger charge is 2.38. The highest BCUT2D eigenvalue weighted by atomic mass is 32.2. The van der Waals surface area contributed by atoms with Crippen LogP contribution >= 0.6 is 11.8 Å². The van der Waals surface area contributed by atoms with E-state index in [-0.39, 0.29) is 28.9 Å². The fraction of sp³-hybridized carbons (Fsp3) is 0.333. The van der Waals surface area contributed by atoms with E-state index in [0.29, 0.717) is 6.54 Å². The topological polar surface area (TPSA) is 49.4 Å². The van der Waals surface area contributed by atoms with Gasteiger partial charge in [-0.2, -0.15) is 0 Å². The van der Waals surface area contributed by atoms with Gasteiger partial charge in [0.2, 0.25) is 11.8 Å². The van der Waals surface area contributed by atoms with Gasteiger partial charge in [0, 0.05) is 18.7 Å². The van der Waals surface area contributed by atoms with Crippen LogP contribution in [-0.2, 0) is 9.59 Å². The van der Waals surface area contributed by atoms with Crippen molar-refractivity contribution >= 4 is 29.3 Å². The van der Waals surface area contributed by atoms with Crippen LogP contribution in [0.25, 0.3) is 0 Å². The summed E-state index contributed by atoms with van der Waals surface area (Å²) in [6, 6.07) is 16.0. The summed E-state index contributed by atoms with van der Waals surface area (Å²) in [5.74, 6) is 0.0255. The van der Waals surface area contributed by atoms with Gasteiger partial charge in [-0.25, -0.2) is 0 Å². The molecule has 1 N–H and O–H groups in total. The van der Waals surface area contributed by atoms with Crippen molar-refractivity contribution < 1.29 is 9.59 Å². The maximum atomic E-state index is 12.5. The van der Waals surface area contributed by atoms with Gasteiger partial charge in [0.15, 0.2) is 0 Å². The lowest BCUT2D eigenvalue weighted by atomic mass is 10.1. The molecule has 1 heterocycles. The molecule has 4 nitrogen and oxygen atoms in total. The maximum Gasteiger partial charge on any atom is 0.236 e. The fourth-order valence-electron chi connectivity index (χ4n) is 2.97. The number of nitrogens with one attached hydrogen (secondary N) is 1. The van der Waals surface area contributed by atoms with Crippen LogP contribution in [0.4, 0.5) is 5.69 Å². The summed E-state index contributed by atoms with van der Waals surface area (Å²) in [7, 11) is 0. The maximum absolute atomic E-state index is 12.5. The van der Waals surface area contributed by atoms with Crippen LogP contribution in [0, 0.1) is 13.8 Å². The predicted octanol–water partition coefficient (Wildman–Crippen LogP) is 4.29. The SMILES string of the molecule is Cc1ccc(NC(=O)CCN2C(=O)[C@H](C)S[C@@H]2c2ccc(C)cc2)cc1. The van der Waals surface area contributed by atoms with E-state index in [1.54, 1.807) is 11.8 Å². The van der Waals surface area contributed by atoms with Crippen molar-refractivity contribution in [3.63, 3.8) is 0 Å². The van der Waals surface area contributed by atoms with Crippen LogP contribution in [0.5, 0.6) is 0 Å². The highest BCUT2D eigenvalue weighted by Crippen LogP contribution is 2.42. The third kappa shape index (κ3) is 4.28. The summed E-state index contributed by atoms with van der Waals surface area (Å²) in [5, 5.41) is 2.79. The second-order valence-corrected chi connectivity index (χ2v) is 8.16. The van der Waals surface area contributed by atoms with E-state index < -0.39 is 0 Å². The standard InChI is InChI=1S/C21H24N2O2S/c1-14-4-8-17(9-5-14)21-23(20(25)16(3)26-21)13-12-19(24)22-18-10-6-15(2)7-11-18/h4-11,16,21H,12-13H2,1-3H3,(H,22,24)/t16-,21+/m0/s1. The normalized spacial score (nSPS) is 19.7. The highest BCUT2D eigenvalue weighted by molar-refractivity contribution is 8.01. The van der Waals surface area contributed by atoms with Crippen molar-refractivity contribution in [1.82, 2.24) is 4.90 Å². The Hall–Kier alpha value is -2.27. The number of nitrogens with zero attached hydrogens (tertiary/aromatic N) is 1. The Morgan fingerprint density at radius 3 is 2.23 bits per heavy atom. The van der Waals surface area contributed by atoms with Crippen molar-refractivity contribution in [3.8, 4) is 0 Å².